The van der Waals surface area contributed by atoms with Crippen LogP contribution in [0.2, 0.25) is 0 Å². The molecule has 1 aromatic carbocycles. The number of fused-ring (bicyclic) bond motifs is 1. The lowest BCUT2D eigenvalue weighted by molar-refractivity contribution is 0.0809. The third-order valence-corrected chi connectivity index (χ3v) is 1.84. The average molecular weight is 177 g/mol. The molecule has 0 saturated carbocycles. The third kappa shape index (κ3) is 1.53. The minimum absolute atomic E-state index is 0.469. The van der Waals surface area contributed by atoms with Crippen molar-refractivity contribution in [2.24, 2.45) is 0 Å². The number of nitrogens with zero attached hydrogens (tertiary/aromatic N) is 3. The van der Waals surface area contributed by atoms with Gasteiger partial charge in [-0.25, -0.2) is 4.68 Å². The molecule has 0 aliphatic rings. The monoisotopic (exact) mass is 177 g/mol. The summed E-state index contributed by atoms with van der Waals surface area (Å²) in [7, 11) is 0. The first-order valence-corrected chi connectivity index (χ1v) is 4.28. The smallest absolute Gasteiger partial charge is 0.141 e. The SMILES string of the molecule is CCOCn1nnc2ccccc21. The summed E-state index contributed by atoms with van der Waals surface area (Å²) in [6, 6.07) is 7.83. The van der Waals surface area contributed by atoms with Crippen LogP contribution in [0.15, 0.2) is 24.3 Å². The summed E-state index contributed by atoms with van der Waals surface area (Å²) in [4.78, 5) is 0. The molecule has 1 heterocycles. The molecule has 4 nitrogen and oxygen atoms in total. The lowest BCUT2D eigenvalue weighted by Crippen LogP contribution is -2.03. The van der Waals surface area contributed by atoms with Gasteiger partial charge >= 0.3 is 0 Å². The fourth-order valence-electron chi connectivity index (χ4n) is 1.19. The van der Waals surface area contributed by atoms with Crippen LogP contribution in [-0.4, -0.2) is 21.6 Å². The summed E-state index contributed by atoms with van der Waals surface area (Å²) in [5.41, 5.74) is 1.91. The third-order valence-electron chi connectivity index (χ3n) is 1.84. The molecule has 0 N–H and O–H groups in total. The van der Waals surface area contributed by atoms with E-state index < -0.39 is 0 Å². The summed E-state index contributed by atoms with van der Waals surface area (Å²) < 4.78 is 7.00. The molecular formula is C9H11N3O. The first-order chi connectivity index (χ1) is 6.42. The van der Waals surface area contributed by atoms with E-state index >= 15 is 0 Å². The lowest BCUT2D eigenvalue weighted by Gasteiger charge is -2.00. The zero-order valence-corrected chi connectivity index (χ0v) is 7.47. The predicted octanol–water partition coefficient (Wildman–Crippen LogP) is 1.43. The number of aromatic nitrogens is 3. The first kappa shape index (κ1) is 8.19. The quantitative estimate of drug-likeness (QED) is 0.712. The molecule has 0 fully saturated rings. The van der Waals surface area contributed by atoms with Gasteiger partial charge < -0.3 is 4.74 Å². The number of ether oxygens (including phenoxy) is 1. The van der Waals surface area contributed by atoms with Crippen LogP contribution in [0.4, 0.5) is 0 Å². The van der Waals surface area contributed by atoms with Gasteiger partial charge in [0.2, 0.25) is 0 Å². The van der Waals surface area contributed by atoms with Crippen molar-refractivity contribution in [3.8, 4) is 0 Å². The molecule has 0 spiro atoms. The van der Waals surface area contributed by atoms with Crippen molar-refractivity contribution in [3.05, 3.63) is 24.3 Å². The van der Waals surface area contributed by atoms with Crippen LogP contribution in [-0.2, 0) is 11.5 Å². The normalized spacial score (nSPS) is 10.8. The van der Waals surface area contributed by atoms with E-state index in [9.17, 15) is 0 Å². The van der Waals surface area contributed by atoms with Crippen molar-refractivity contribution in [1.82, 2.24) is 15.0 Å². The van der Waals surface area contributed by atoms with Gasteiger partial charge in [0.05, 0.1) is 5.52 Å². The minimum atomic E-state index is 0.469. The van der Waals surface area contributed by atoms with Crippen LogP contribution in [0.3, 0.4) is 0 Å². The van der Waals surface area contributed by atoms with E-state index in [1.165, 1.54) is 0 Å². The number of hydrogen-bond acceptors (Lipinski definition) is 3. The van der Waals surface area contributed by atoms with Crippen molar-refractivity contribution < 1.29 is 4.74 Å². The van der Waals surface area contributed by atoms with Crippen molar-refractivity contribution in [2.75, 3.05) is 6.61 Å². The lowest BCUT2D eigenvalue weighted by atomic mass is 10.3. The van der Waals surface area contributed by atoms with Gasteiger partial charge in [0.25, 0.3) is 0 Å². The number of benzene rings is 1. The zero-order chi connectivity index (χ0) is 9.10. The van der Waals surface area contributed by atoms with Gasteiger partial charge in [-0.15, -0.1) is 5.10 Å². The Morgan fingerprint density at radius 3 is 3.08 bits per heavy atom. The van der Waals surface area contributed by atoms with Crippen molar-refractivity contribution in [1.29, 1.82) is 0 Å². The topological polar surface area (TPSA) is 39.9 Å². The molecule has 13 heavy (non-hydrogen) atoms. The Morgan fingerprint density at radius 2 is 2.23 bits per heavy atom. The van der Waals surface area contributed by atoms with Crippen molar-refractivity contribution in [3.63, 3.8) is 0 Å². The maximum Gasteiger partial charge on any atom is 0.141 e. The zero-order valence-electron chi connectivity index (χ0n) is 7.47. The van der Waals surface area contributed by atoms with Crippen LogP contribution >= 0.6 is 0 Å². The van der Waals surface area contributed by atoms with E-state index in [0.717, 1.165) is 11.0 Å². The first-order valence-electron chi connectivity index (χ1n) is 4.28. The molecule has 0 aliphatic heterocycles. The summed E-state index contributed by atoms with van der Waals surface area (Å²) in [5, 5.41) is 7.98. The summed E-state index contributed by atoms with van der Waals surface area (Å²) >= 11 is 0. The maximum atomic E-state index is 5.25. The van der Waals surface area contributed by atoms with Gasteiger partial charge in [0, 0.05) is 6.61 Å². The molecule has 2 aromatic rings. The molecule has 0 bridgehead atoms. The largest absolute Gasteiger partial charge is 0.359 e. The molecular weight excluding hydrogens is 166 g/mol. The highest BCUT2D eigenvalue weighted by molar-refractivity contribution is 5.73. The van der Waals surface area contributed by atoms with E-state index in [2.05, 4.69) is 10.3 Å². The number of rotatable bonds is 3. The van der Waals surface area contributed by atoms with Gasteiger partial charge in [-0.05, 0) is 19.1 Å². The molecule has 2 rings (SSSR count). The Morgan fingerprint density at radius 1 is 1.38 bits per heavy atom. The Hall–Kier alpha value is -1.42. The maximum absolute atomic E-state index is 5.25. The van der Waals surface area contributed by atoms with Crippen molar-refractivity contribution >= 4 is 11.0 Å². The van der Waals surface area contributed by atoms with Crippen LogP contribution in [0.5, 0.6) is 0 Å². The summed E-state index contributed by atoms with van der Waals surface area (Å²) in [6.45, 7) is 3.12. The van der Waals surface area contributed by atoms with Crippen molar-refractivity contribution in [2.45, 2.75) is 13.7 Å². The Labute approximate surface area is 76.1 Å². The molecule has 0 radical (unpaired) electrons. The highest BCUT2D eigenvalue weighted by Crippen LogP contribution is 2.09. The molecule has 0 amide bonds. The molecule has 4 heteroatoms. The second-order valence-corrected chi connectivity index (χ2v) is 2.70. The van der Waals surface area contributed by atoms with E-state index in [-0.39, 0.29) is 0 Å². The Kier molecular flexibility index (Phi) is 2.23. The summed E-state index contributed by atoms with van der Waals surface area (Å²) in [5.74, 6) is 0. The van der Waals surface area contributed by atoms with Gasteiger partial charge in [-0.2, -0.15) is 0 Å². The predicted molar refractivity (Wildman–Crippen MR) is 49.2 cm³/mol. The van der Waals surface area contributed by atoms with Crippen LogP contribution in [0.1, 0.15) is 6.92 Å². The van der Waals surface area contributed by atoms with E-state index in [4.69, 9.17) is 4.74 Å². The standard InChI is InChI=1S/C9H11N3O/c1-2-13-7-12-9-6-4-3-5-8(9)10-11-12/h3-6H,2,7H2,1H3. The second-order valence-electron chi connectivity index (χ2n) is 2.70. The Bertz CT molecular complexity index is 396. The van der Waals surface area contributed by atoms with Crippen LogP contribution < -0.4 is 0 Å². The van der Waals surface area contributed by atoms with Crippen LogP contribution in [0, 0.1) is 0 Å². The minimum Gasteiger partial charge on any atom is -0.359 e. The average Bonchev–Trinajstić information content (AvgIpc) is 2.58. The molecule has 0 saturated heterocycles. The number of para-hydroxylation sites is 1. The second kappa shape index (κ2) is 3.53. The fraction of sp³-hybridized carbons (Fsp3) is 0.333. The van der Waals surface area contributed by atoms with E-state index in [1.807, 2.05) is 31.2 Å². The Balaban J connectivity index is 2.35. The van der Waals surface area contributed by atoms with Gasteiger partial charge in [-0.1, -0.05) is 17.3 Å². The summed E-state index contributed by atoms with van der Waals surface area (Å²) in [6.07, 6.45) is 0. The van der Waals surface area contributed by atoms with E-state index in [0.29, 0.717) is 13.3 Å². The highest BCUT2D eigenvalue weighted by Gasteiger charge is 2.01. The fourth-order valence-corrected chi connectivity index (χ4v) is 1.19. The number of hydrogen-bond donors (Lipinski definition) is 0. The molecule has 68 valence electrons. The highest BCUT2D eigenvalue weighted by atomic mass is 16.5. The van der Waals surface area contributed by atoms with Crippen LogP contribution in [0.25, 0.3) is 11.0 Å². The van der Waals surface area contributed by atoms with E-state index in [1.54, 1.807) is 4.68 Å². The molecule has 1 aromatic heterocycles. The molecule has 0 aliphatic carbocycles. The van der Waals surface area contributed by atoms with Gasteiger partial charge in [0.1, 0.15) is 12.2 Å². The van der Waals surface area contributed by atoms with Gasteiger partial charge in [0.15, 0.2) is 0 Å². The molecule has 0 atom stereocenters. The molecule has 0 unspecified atom stereocenters. The van der Waals surface area contributed by atoms with Gasteiger partial charge in [-0.3, -0.25) is 0 Å².